The van der Waals surface area contributed by atoms with E-state index in [2.05, 4.69) is 4.90 Å². The van der Waals surface area contributed by atoms with Crippen LogP contribution in [0.2, 0.25) is 0 Å². The van der Waals surface area contributed by atoms with Gasteiger partial charge in [0.1, 0.15) is 0 Å². The molecular formula is C18H24F3N3O. The second-order valence-corrected chi connectivity index (χ2v) is 6.85. The maximum absolute atomic E-state index is 12.9. The maximum atomic E-state index is 12.9. The van der Waals surface area contributed by atoms with Crippen molar-refractivity contribution in [3.8, 4) is 0 Å². The van der Waals surface area contributed by atoms with Crippen molar-refractivity contribution < 1.29 is 18.0 Å². The highest BCUT2D eigenvalue weighted by molar-refractivity contribution is 5.82. The van der Waals surface area contributed by atoms with Gasteiger partial charge >= 0.3 is 6.18 Å². The summed E-state index contributed by atoms with van der Waals surface area (Å²) in [4.78, 5) is 18.6. The molecule has 7 heteroatoms. The largest absolute Gasteiger partial charge is 0.416 e. The van der Waals surface area contributed by atoms with Crippen LogP contribution in [-0.4, -0.2) is 61.5 Å². The van der Waals surface area contributed by atoms with Crippen molar-refractivity contribution in [3.05, 3.63) is 29.8 Å². The van der Waals surface area contributed by atoms with Crippen LogP contribution in [0, 0.1) is 0 Å². The number of anilines is 1. The van der Waals surface area contributed by atoms with Gasteiger partial charge in [-0.15, -0.1) is 0 Å². The Balaban J connectivity index is 1.61. The van der Waals surface area contributed by atoms with Crippen LogP contribution in [0.5, 0.6) is 0 Å². The summed E-state index contributed by atoms with van der Waals surface area (Å²) < 4.78 is 38.6. The Hall–Kier alpha value is -1.76. The molecule has 0 N–H and O–H groups in total. The summed E-state index contributed by atoms with van der Waals surface area (Å²) in [6, 6.07) is 5.36. The average molecular weight is 355 g/mol. The molecule has 4 nitrogen and oxygen atoms in total. The number of alkyl halides is 3. The number of hydrogen-bond acceptors (Lipinski definition) is 3. The van der Waals surface area contributed by atoms with Crippen LogP contribution < -0.4 is 4.90 Å². The minimum Gasteiger partial charge on any atom is -0.368 e. The molecule has 1 aromatic carbocycles. The first-order chi connectivity index (χ1) is 11.9. The third-order valence-corrected chi connectivity index (χ3v) is 5.19. The average Bonchev–Trinajstić information content (AvgIpc) is 2.61. The fraction of sp³-hybridized carbons (Fsp3) is 0.611. The number of benzene rings is 1. The lowest BCUT2D eigenvalue weighted by Gasteiger charge is -2.40. The van der Waals surface area contributed by atoms with Crippen molar-refractivity contribution in [3.63, 3.8) is 0 Å². The monoisotopic (exact) mass is 355 g/mol. The van der Waals surface area contributed by atoms with E-state index in [1.807, 2.05) is 16.8 Å². The SMILES string of the molecule is CN1CCCCC1C(=O)N1CCN(c2cccc(C(F)(F)F)c2)CC1. The zero-order valence-corrected chi connectivity index (χ0v) is 14.4. The molecule has 138 valence electrons. The van der Waals surface area contributed by atoms with Crippen LogP contribution >= 0.6 is 0 Å². The quantitative estimate of drug-likeness (QED) is 0.816. The lowest BCUT2D eigenvalue weighted by Crippen LogP contribution is -2.55. The van der Waals surface area contributed by atoms with E-state index < -0.39 is 11.7 Å². The number of carbonyl (C=O) groups is 1. The van der Waals surface area contributed by atoms with E-state index in [0.717, 1.165) is 31.9 Å². The molecule has 0 aromatic heterocycles. The van der Waals surface area contributed by atoms with E-state index in [1.54, 1.807) is 6.07 Å². The Labute approximate surface area is 146 Å². The summed E-state index contributed by atoms with van der Waals surface area (Å²) in [5, 5.41) is 0. The molecule has 3 rings (SSSR count). The molecule has 1 amide bonds. The normalized spacial score (nSPS) is 23.0. The molecule has 2 aliphatic rings. The second-order valence-electron chi connectivity index (χ2n) is 6.85. The van der Waals surface area contributed by atoms with Crippen molar-refractivity contribution in [1.29, 1.82) is 0 Å². The van der Waals surface area contributed by atoms with Gasteiger partial charge in [-0.25, -0.2) is 0 Å². The number of likely N-dealkylation sites (tertiary alicyclic amines) is 1. The molecular weight excluding hydrogens is 331 g/mol. The van der Waals surface area contributed by atoms with Gasteiger partial charge in [-0.1, -0.05) is 12.5 Å². The van der Waals surface area contributed by atoms with E-state index in [4.69, 9.17) is 0 Å². The van der Waals surface area contributed by atoms with Gasteiger partial charge in [0.05, 0.1) is 11.6 Å². The minimum absolute atomic E-state index is 0.0474. The summed E-state index contributed by atoms with van der Waals surface area (Å²) in [6.45, 7) is 3.17. The van der Waals surface area contributed by atoms with Crippen LogP contribution in [0.3, 0.4) is 0 Å². The van der Waals surface area contributed by atoms with Gasteiger partial charge in [0.15, 0.2) is 0 Å². The number of nitrogens with zero attached hydrogens (tertiary/aromatic N) is 3. The van der Waals surface area contributed by atoms with Crippen molar-refractivity contribution >= 4 is 11.6 Å². The molecule has 0 saturated carbocycles. The molecule has 2 aliphatic heterocycles. The van der Waals surface area contributed by atoms with Gasteiger partial charge in [-0.3, -0.25) is 9.69 Å². The number of carbonyl (C=O) groups excluding carboxylic acids is 1. The van der Waals surface area contributed by atoms with E-state index in [0.29, 0.717) is 31.9 Å². The number of likely N-dealkylation sites (N-methyl/N-ethyl adjacent to an activating group) is 1. The van der Waals surface area contributed by atoms with Crippen molar-refractivity contribution in [2.24, 2.45) is 0 Å². The van der Waals surface area contributed by atoms with Crippen LogP contribution in [0.15, 0.2) is 24.3 Å². The minimum atomic E-state index is -4.33. The number of halogens is 3. The van der Waals surface area contributed by atoms with Crippen molar-refractivity contribution in [2.45, 2.75) is 31.5 Å². The fourth-order valence-corrected chi connectivity index (χ4v) is 3.66. The summed E-state index contributed by atoms with van der Waals surface area (Å²) >= 11 is 0. The summed E-state index contributed by atoms with van der Waals surface area (Å²) in [6.07, 6.45) is -1.24. The zero-order chi connectivity index (χ0) is 18.0. The highest BCUT2D eigenvalue weighted by Gasteiger charge is 2.33. The number of piperidine rings is 1. The lowest BCUT2D eigenvalue weighted by atomic mass is 10.0. The van der Waals surface area contributed by atoms with Crippen LogP contribution in [-0.2, 0) is 11.0 Å². The third-order valence-electron chi connectivity index (χ3n) is 5.19. The highest BCUT2D eigenvalue weighted by atomic mass is 19.4. The van der Waals surface area contributed by atoms with E-state index >= 15 is 0 Å². The van der Waals surface area contributed by atoms with Crippen LogP contribution in [0.25, 0.3) is 0 Å². The second kappa shape index (κ2) is 7.23. The fourth-order valence-electron chi connectivity index (χ4n) is 3.66. The lowest BCUT2D eigenvalue weighted by molar-refractivity contribution is -0.138. The smallest absolute Gasteiger partial charge is 0.368 e. The Bertz CT molecular complexity index is 612. The first-order valence-electron chi connectivity index (χ1n) is 8.77. The molecule has 1 unspecified atom stereocenters. The Kier molecular flexibility index (Phi) is 5.22. The molecule has 0 bridgehead atoms. The molecule has 0 aliphatic carbocycles. The van der Waals surface area contributed by atoms with Crippen molar-refractivity contribution in [2.75, 3.05) is 44.7 Å². The Morgan fingerprint density at radius 2 is 1.80 bits per heavy atom. The first kappa shape index (κ1) is 18.0. The number of amides is 1. The molecule has 2 fully saturated rings. The van der Waals surface area contributed by atoms with Gasteiger partial charge in [0.2, 0.25) is 5.91 Å². The molecule has 1 atom stereocenters. The standard InChI is InChI=1S/C18H24F3N3O/c1-22-8-3-2-7-16(22)17(25)24-11-9-23(10-12-24)15-6-4-5-14(13-15)18(19,20)21/h4-6,13,16H,2-3,7-12H2,1H3. The number of piperazine rings is 1. The van der Waals surface area contributed by atoms with Gasteiger partial charge in [0.25, 0.3) is 0 Å². The van der Waals surface area contributed by atoms with Gasteiger partial charge in [-0.05, 0) is 44.6 Å². The predicted molar refractivity (Wildman–Crippen MR) is 90.5 cm³/mol. The molecule has 2 saturated heterocycles. The number of hydrogen-bond donors (Lipinski definition) is 0. The molecule has 0 radical (unpaired) electrons. The predicted octanol–water partition coefficient (Wildman–Crippen LogP) is 2.84. The molecule has 0 spiro atoms. The Morgan fingerprint density at radius 3 is 2.44 bits per heavy atom. The van der Waals surface area contributed by atoms with E-state index in [1.165, 1.54) is 12.1 Å². The zero-order valence-electron chi connectivity index (χ0n) is 14.4. The molecule has 1 aromatic rings. The number of rotatable bonds is 2. The topological polar surface area (TPSA) is 26.8 Å². The highest BCUT2D eigenvalue weighted by Crippen LogP contribution is 2.32. The van der Waals surface area contributed by atoms with Gasteiger partial charge < -0.3 is 9.80 Å². The van der Waals surface area contributed by atoms with E-state index in [-0.39, 0.29) is 11.9 Å². The van der Waals surface area contributed by atoms with Crippen LogP contribution in [0.4, 0.5) is 18.9 Å². The van der Waals surface area contributed by atoms with Crippen LogP contribution in [0.1, 0.15) is 24.8 Å². The first-order valence-corrected chi connectivity index (χ1v) is 8.77. The maximum Gasteiger partial charge on any atom is 0.416 e. The summed E-state index contributed by atoms with van der Waals surface area (Å²) in [5.41, 5.74) is -0.0657. The molecule has 2 heterocycles. The van der Waals surface area contributed by atoms with Gasteiger partial charge in [0, 0.05) is 31.9 Å². The van der Waals surface area contributed by atoms with Gasteiger partial charge in [-0.2, -0.15) is 13.2 Å². The van der Waals surface area contributed by atoms with Crippen molar-refractivity contribution in [1.82, 2.24) is 9.80 Å². The van der Waals surface area contributed by atoms with E-state index in [9.17, 15) is 18.0 Å². The summed E-state index contributed by atoms with van der Waals surface area (Å²) in [5.74, 6) is 0.158. The third kappa shape index (κ3) is 4.08. The molecule has 25 heavy (non-hydrogen) atoms. The summed E-state index contributed by atoms with van der Waals surface area (Å²) in [7, 11) is 1.99. The Morgan fingerprint density at radius 1 is 1.08 bits per heavy atom.